The van der Waals surface area contributed by atoms with Gasteiger partial charge >= 0.3 is 0 Å². The van der Waals surface area contributed by atoms with Crippen molar-refractivity contribution in [2.45, 2.75) is 12.8 Å². The van der Waals surface area contributed by atoms with Crippen LogP contribution in [-0.4, -0.2) is 26.1 Å². The number of hydrogen-bond donors (Lipinski definition) is 2. The van der Waals surface area contributed by atoms with Gasteiger partial charge in [0.1, 0.15) is 5.84 Å². The van der Waals surface area contributed by atoms with Crippen molar-refractivity contribution in [1.82, 2.24) is 5.43 Å². The molecule has 0 unspecified atom stereocenters. The quantitative estimate of drug-likeness (QED) is 0.328. The Hall–Kier alpha value is -0.900. The Morgan fingerprint density at radius 1 is 1.70 bits per heavy atom. The summed E-state index contributed by atoms with van der Waals surface area (Å²) < 4.78 is 0. The van der Waals surface area contributed by atoms with E-state index in [1.165, 1.54) is 0 Å². The first-order chi connectivity index (χ1) is 4.85. The summed E-state index contributed by atoms with van der Waals surface area (Å²) in [7, 11) is 1.71. The van der Waals surface area contributed by atoms with Gasteiger partial charge in [0.15, 0.2) is 0 Å². The predicted octanol–water partition coefficient (Wildman–Crippen LogP) is -0.0412. The fourth-order valence-corrected chi connectivity index (χ4v) is 0.578. The van der Waals surface area contributed by atoms with Crippen LogP contribution in [0.3, 0.4) is 0 Å². The Kier molecular flexibility index (Phi) is 5.66. The highest BCUT2D eigenvalue weighted by atomic mass is 15.3. The molecule has 0 heterocycles. The first-order valence-corrected chi connectivity index (χ1v) is 3.22. The molecule has 0 aliphatic heterocycles. The molecule has 4 nitrogen and oxygen atoms in total. The molecule has 3 N–H and O–H groups in total. The van der Waals surface area contributed by atoms with Gasteiger partial charge in [-0.1, -0.05) is 0 Å². The first-order valence-electron chi connectivity index (χ1n) is 3.22. The van der Waals surface area contributed by atoms with Gasteiger partial charge in [-0.3, -0.25) is 10.4 Å². The highest BCUT2D eigenvalue weighted by Gasteiger charge is 1.92. The molecule has 0 aromatic heterocycles. The minimum Gasteiger partial charge on any atom is -0.330 e. The van der Waals surface area contributed by atoms with Gasteiger partial charge in [-0.05, 0) is 13.0 Å². The van der Waals surface area contributed by atoms with Gasteiger partial charge in [0.2, 0.25) is 0 Å². The van der Waals surface area contributed by atoms with Crippen LogP contribution >= 0.6 is 0 Å². The fourth-order valence-electron chi connectivity index (χ4n) is 0.578. The molecule has 4 heteroatoms. The lowest BCUT2D eigenvalue weighted by atomic mass is 10.3. The molecule has 0 saturated heterocycles. The molecule has 0 fully saturated rings. The van der Waals surface area contributed by atoms with Crippen LogP contribution in [0.2, 0.25) is 0 Å². The minimum atomic E-state index is 0.678. The van der Waals surface area contributed by atoms with E-state index in [0.29, 0.717) is 6.54 Å². The van der Waals surface area contributed by atoms with Crippen molar-refractivity contribution < 1.29 is 0 Å². The van der Waals surface area contributed by atoms with E-state index in [0.717, 1.165) is 18.7 Å². The molecule has 0 bridgehead atoms. The number of nitrogens with two attached hydrogens (primary N) is 1. The number of rotatable bonds is 4. The number of aliphatic imine (C=N–C) groups is 1. The SMILES string of the molecule is C=NNC(CCCN)=NC. The summed E-state index contributed by atoms with van der Waals surface area (Å²) in [4.78, 5) is 3.93. The number of nitrogens with one attached hydrogen (secondary N) is 1. The Bertz CT molecular complexity index is 119. The second-order valence-corrected chi connectivity index (χ2v) is 1.83. The molecule has 10 heavy (non-hydrogen) atoms. The van der Waals surface area contributed by atoms with Gasteiger partial charge in [-0.15, -0.1) is 0 Å². The summed E-state index contributed by atoms with van der Waals surface area (Å²) in [5, 5.41) is 3.49. The maximum atomic E-state index is 5.30. The third kappa shape index (κ3) is 4.03. The average Bonchev–Trinajstić information content (AvgIpc) is 1.98. The number of hydrogen-bond acceptors (Lipinski definition) is 3. The smallest absolute Gasteiger partial charge is 0.116 e. The maximum absolute atomic E-state index is 5.30. The van der Waals surface area contributed by atoms with Gasteiger partial charge in [0, 0.05) is 20.2 Å². The molecule has 0 atom stereocenters. The standard InChI is InChI=1S/C6H14N4/c1-8-6(10-9-2)4-3-5-7/h2-5,7H2,1H3,(H,8,10). The summed E-state index contributed by atoms with van der Waals surface area (Å²) in [6.07, 6.45) is 1.77. The van der Waals surface area contributed by atoms with E-state index in [-0.39, 0.29) is 0 Å². The van der Waals surface area contributed by atoms with E-state index in [1.54, 1.807) is 7.05 Å². The van der Waals surface area contributed by atoms with Gasteiger partial charge in [-0.2, -0.15) is 5.10 Å². The zero-order valence-corrected chi connectivity index (χ0v) is 6.30. The lowest BCUT2D eigenvalue weighted by Crippen LogP contribution is -2.18. The van der Waals surface area contributed by atoms with Crippen molar-refractivity contribution in [1.29, 1.82) is 0 Å². The van der Waals surface area contributed by atoms with Crippen molar-refractivity contribution in [3.63, 3.8) is 0 Å². The van der Waals surface area contributed by atoms with Crippen molar-refractivity contribution in [2.24, 2.45) is 15.8 Å². The van der Waals surface area contributed by atoms with Crippen molar-refractivity contribution in [2.75, 3.05) is 13.6 Å². The van der Waals surface area contributed by atoms with Gasteiger partial charge in [0.25, 0.3) is 0 Å². The minimum absolute atomic E-state index is 0.678. The molecule has 0 saturated carbocycles. The van der Waals surface area contributed by atoms with E-state index < -0.39 is 0 Å². The van der Waals surface area contributed by atoms with Gasteiger partial charge < -0.3 is 5.73 Å². The number of hydrazone groups is 1. The van der Waals surface area contributed by atoms with Crippen molar-refractivity contribution >= 4 is 12.6 Å². The summed E-state index contributed by atoms with van der Waals surface area (Å²) in [5.74, 6) is 0.834. The van der Waals surface area contributed by atoms with Crippen LogP contribution < -0.4 is 11.2 Å². The van der Waals surface area contributed by atoms with Gasteiger partial charge in [0.05, 0.1) is 0 Å². The topological polar surface area (TPSA) is 62.8 Å². The third-order valence-electron chi connectivity index (χ3n) is 1.10. The summed E-state index contributed by atoms with van der Waals surface area (Å²) >= 11 is 0. The Morgan fingerprint density at radius 3 is 2.80 bits per heavy atom. The largest absolute Gasteiger partial charge is 0.330 e. The van der Waals surface area contributed by atoms with Crippen LogP contribution in [0, 0.1) is 0 Å². The lowest BCUT2D eigenvalue weighted by Gasteiger charge is -2.01. The monoisotopic (exact) mass is 142 g/mol. The summed E-state index contributed by atoms with van der Waals surface area (Å²) in [6, 6.07) is 0. The Balaban J connectivity index is 3.51. The molecule has 0 rings (SSSR count). The zero-order valence-electron chi connectivity index (χ0n) is 6.30. The third-order valence-corrected chi connectivity index (χ3v) is 1.10. The second-order valence-electron chi connectivity index (χ2n) is 1.83. The Labute approximate surface area is 61.2 Å². The molecule has 0 aromatic rings. The predicted molar refractivity (Wildman–Crippen MR) is 44.3 cm³/mol. The van der Waals surface area contributed by atoms with Crippen LogP contribution in [0.25, 0.3) is 0 Å². The highest BCUT2D eigenvalue weighted by molar-refractivity contribution is 5.81. The molecule has 0 radical (unpaired) electrons. The van der Waals surface area contributed by atoms with E-state index in [1.807, 2.05) is 0 Å². The van der Waals surface area contributed by atoms with Crippen LogP contribution in [-0.2, 0) is 0 Å². The first kappa shape index (κ1) is 9.10. The van der Waals surface area contributed by atoms with Crippen molar-refractivity contribution in [3.8, 4) is 0 Å². The maximum Gasteiger partial charge on any atom is 0.116 e. The summed E-state index contributed by atoms with van der Waals surface area (Å²) in [5.41, 5.74) is 7.97. The molecule has 58 valence electrons. The molecular formula is C6H14N4. The molecule has 0 spiro atoms. The normalized spacial score (nSPS) is 11.2. The van der Waals surface area contributed by atoms with E-state index >= 15 is 0 Å². The van der Waals surface area contributed by atoms with Crippen LogP contribution in [0.5, 0.6) is 0 Å². The zero-order chi connectivity index (χ0) is 7.82. The number of nitrogens with zero attached hydrogens (tertiary/aromatic N) is 2. The van der Waals surface area contributed by atoms with E-state index in [2.05, 4.69) is 22.2 Å². The molecule has 0 amide bonds. The Morgan fingerprint density at radius 2 is 2.40 bits per heavy atom. The van der Waals surface area contributed by atoms with Crippen LogP contribution in [0.15, 0.2) is 10.1 Å². The second kappa shape index (κ2) is 6.22. The molecule has 0 aliphatic rings. The fraction of sp³-hybridized carbons (Fsp3) is 0.667. The van der Waals surface area contributed by atoms with Crippen molar-refractivity contribution in [3.05, 3.63) is 0 Å². The van der Waals surface area contributed by atoms with Gasteiger partial charge in [-0.25, -0.2) is 0 Å². The number of amidine groups is 1. The van der Waals surface area contributed by atoms with E-state index in [9.17, 15) is 0 Å². The molecular weight excluding hydrogens is 128 g/mol. The van der Waals surface area contributed by atoms with Crippen LogP contribution in [0.1, 0.15) is 12.8 Å². The van der Waals surface area contributed by atoms with Crippen LogP contribution in [0.4, 0.5) is 0 Å². The average molecular weight is 142 g/mol. The summed E-state index contributed by atoms with van der Waals surface area (Å²) in [6.45, 7) is 3.96. The highest BCUT2D eigenvalue weighted by Crippen LogP contribution is 1.87. The lowest BCUT2D eigenvalue weighted by molar-refractivity contribution is 0.842. The molecule has 0 aliphatic carbocycles. The van der Waals surface area contributed by atoms with E-state index in [4.69, 9.17) is 5.73 Å². The molecule has 0 aromatic carbocycles.